The number of hydrogen-bond donors (Lipinski definition) is 0. The predicted octanol–water partition coefficient (Wildman–Crippen LogP) is 3.61. The molecule has 1 heteroatoms. The van der Waals surface area contributed by atoms with Gasteiger partial charge in [-0.05, 0) is 6.42 Å². The number of halogens is 1. The number of allylic oxidation sites excluding steroid dienone is 1. The third-order valence-electron chi connectivity index (χ3n) is 0.689. The molecule has 0 aromatic heterocycles. The molecule has 0 aromatic carbocycles. The molecule has 0 aliphatic heterocycles. The molecular formula is C8H17Cl. The Labute approximate surface area is 63.9 Å². The third-order valence-corrected chi connectivity index (χ3v) is 1.07. The Hall–Kier alpha value is 0.0300. The van der Waals surface area contributed by atoms with Crippen molar-refractivity contribution >= 4 is 11.6 Å². The monoisotopic (exact) mass is 148 g/mol. The molecule has 56 valence electrons. The summed E-state index contributed by atoms with van der Waals surface area (Å²) >= 11 is 5.35. The zero-order valence-corrected chi connectivity index (χ0v) is 7.46. The lowest BCUT2D eigenvalue weighted by Gasteiger charge is -1.87. The second kappa shape index (κ2) is 10.9. The first-order chi connectivity index (χ1) is 4.22. The lowest BCUT2D eigenvalue weighted by Crippen LogP contribution is -1.74. The van der Waals surface area contributed by atoms with Crippen LogP contribution in [-0.4, -0.2) is 5.88 Å². The van der Waals surface area contributed by atoms with Crippen LogP contribution >= 0.6 is 11.6 Å². The van der Waals surface area contributed by atoms with E-state index in [0.29, 0.717) is 5.88 Å². The zero-order valence-electron chi connectivity index (χ0n) is 6.71. The van der Waals surface area contributed by atoms with Gasteiger partial charge in [0.25, 0.3) is 0 Å². The lowest BCUT2D eigenvalue weighted by atomic mass is 10.3. The first-order valence-electron chi connectivity index (χ1n) is 3.45. The van der Waals surface area contributed by atoms with Gasteiger partial charge in [-0.15, -0.1) is 11.6 Å². The molecule has 0 heterocycles. The molecule has 0 spiro atoms. The SMILES string of the molecule is C=C(CC)CCl.CCC. The number of alkyl halides is 1. The Morgan fingerprint density at radius 3 is 1.67 bits per heavy atom. The van der Waals surface area contributed by atoms with Crippen LogP contribution in [0.15, 0.2) is 12.2 Å². The summed E-state index contributed by atoms with van der Waals surface area (Å²) in [5.74, 6) is 0.608. The van der Waals surface area contributed by atoms with Crippen LogP contribution in [0.4, 0.5) is 0 Å². The summed E-state index contributed by atoms with van der Waals surface area (Å²) in [5, 5.41) is 0. The van der Waals surface area contributed by atoms with Crippen molar-refractivity contribution in [2.75, 3.05) is 5.88 Å². The van der Waals surface area contributed by atoms with E-state index in [2.05, 4.69) is 20.4 Å². The topological polar surface area (TPSA) is 0 Å². The van der Waals surface area contributed by atoms with Gasteiger partial charge >= 0.3 is 0 Å². The smallest absolute Gasteiger partial charge is 0.0430 e. The fraction of sp³-hybridized carbons (Fsp3) is 0.750. The fourth-order valence-corrected chi connectivity index (χ4v) is 0.283. The van der Waals surface area contributed by atoms with Crippen molar-refractivity contribution in [2.24, 2.45) is 0 Å². The molecule has 0 aliphatic carbocycles. The molecule has 0 atom stereocenters. The molecule has 0 rings (SSSR count). The van der Waals surface area contributed by atoms with Crippen LogP contribution in [0.25, 0.3) is 0 Å². The summed E-state index contributed by atoms with van der Waals surface area (Å²) in [6.45, 7) is 9.96. The largest absolute Gasteiger partial charge is 0.122 e. The van der Waals surface area contributed by atoms with Gasteiger partial charge < -0.3 is 0 Å². The highest BCUT2D eigenvalue weighted by molar-refractivity contribution is 6.19. The molecule has 0 saturated carbocycles. The summed E-state index contributed by atoms with van der Waals surface area (Å²) < 4.78 is 0. The van der Waals surface area contributed by atoms with Crippen LogP contribution in [0, 0.1) is 0 Å². The van der Waals surface area contributed by atoms with E-state index >= 15 is 0 Å². The first kappa shape index (κ1) is 11.8. The van der Waals surface area contributed by atoms with Crippen LogP contribution in [0.5, 0.6) is 0 Å². The van der Waals surface area contributed by atoms with E-state index in [1.54, 1.807) is 0 Å². The lowest BCUT2D eigenvalue weighted by molar-refractivity contribution is 1.09. The van der Waals surface area contributed by atoms with Crippen molar-refractivity contribution in [1.82, 2.24) is 0 Å². The van der Waals surface area contributed by atoms with E-state index in [9.17, 15) is 0 Å². The Balaban J connectivity index is 0. The van der Waals surface area contributed by atoms with Crippen LogP contribution < -0.4 is 0 Å². The van der Waals surface area contributed by atoms with E-state index in [4.69, 9.17) is 11.6 Å². The molecule has 0 radical (unpaired) electrons. The molecule has 0 unspecified atom stereocenters. The molecule has 0 nitrogen and oxygen atoms in total. The maximum Gasteiger partial charge on any atom is 0.0430 e. The molecule has 0 aromatic rings. The summed E-state index contributed by atoms with van der Waals surface area (Å²) in [5.41, 5.74) is 1.11. The van der Waals surface area contributed by atoms with Gasteiger partial charge in [0.15, 0.2) is 0 Å². The minimum absolute atomic E-state index is 0.608. The average Bonchev–Trinajstić information content (AvgIpc) is 1.88. The van der Waals surface area contributed by atoms with Crippen LogP contribution in [0.1, 0.15) is 33.6 Å². The summed E-state index contributed by atoms with van der Waals surface area (Å²) in [4.78, 5) is 0. The molecule has 0 N–H and O–H groups in total. The Morgan fingerprint density at radius 2 is 1.67 bits per heavy atom. The van der Waals surface area contributed by atoms with Crippen molar-refractivity contribution in [2.45, 2.75) is 33.6 Å². The molecule has 0 aliphatic rings. The Bertz CT molecular complexity index is 51.6. The Morgan fingerprint density at radius 1 is 1.33 bits per heavy atom. The van der Waals surface area contributed by atoms with Crippen LogP contribution in [-0.2, 0) is 0 Å². The molecule has 9 heavy (non-hydrogen) atoms. The van der Waals surface area contributed by atoms with Gasteiger partial charge in [0.2, 0.25) is 0 Å². The number of hydrogen-bond acceptors (Lipinski definition) is 0. The zero-order chi connectivity index (χ0) is 7.70. The molecule has 0 amide bonds. The number of rotatable bonds is 2. The highest BCUT2D eigenvalue weighted by atomic mass is 35.5. The van der Waals surface area contributed by atoms with E-state index in [-0.39, 0.29) is 0 Å². The van der Waals surface area contributed by atoms with Gasteiger partial charge in [-0.2, -0.15) is 0 Å². The maximum absolute atomic E-state index is 5.35. The van der Waals surface area contributed by atoms with Gasteiger partial charge in [0.05, 0.1) is 0 Å². The normalized spacial score (nSPS) is 7.56. The molecule has 0 fully saturated rings. The third kappa shape index (κ3) is 18.0. The average molecular weight is 149 g/mol. The highest BCUT2D eigenvalue weighted by Crippen LogP contribution is 1.96. The van der Waals surface area contributed by atoms with Crippen LogP contribution in [0.3, 0.4) is 0 Å². The van der Waals surface area contributed by atoms with Gasteiger partial charge in [0.1, 0.15) is 0 Å². The molecule has 0 bridgehead atoms. The van der Waals surface area contributed by atoms with Gasteiger partial charge in [-0.1, -0.05) is 39.3 Å². The van der Waals surface area contributed by atoms with E-state index < -0.39 is 0 Å². The van der Waals surface area contributed by atoms with Crippen molar-refractivity contribution < 1.29 is 0 Å². The highest BCUT2D eigenvalue weighted by Gasteiger charge is 1.80. The van der Waals surface area contributed by atoms with E-state index in [1.807, 2.05) is 6.92 Å². The molecule has 0 saturated heterocycles. The van der Waals surface area contributed by atoms with Crippen LogP contribution in [0.2, 0.25) is 0 Å². The quantitative estimate of drug-likeness (QED) is 0.415. The fourth-order valence-electron chi connectivity index (χ4n) is 0.0945. The maximum atomic E-state index is 5.35. The standard InChI is InChI=1S/C5H9Cl.C3H8/c1-3-5(2)4-6;1-3-2/h2-4H2,1H3;3H2,1-2H3. The summed E-state index contributed by atoms with van der Waals surface area (Å²) in [6.07, 6.45) is 2.25. The minimum atomic E-state index is 0.608. The second-order valence-corrected chi connectivity index (χ2v) is 2.21. The summed E-state index contributed by atoms with van der Waals surface area (Å²) in [6, 6.07) is 0. The predicted molar refractivity (Wildman–Crippen MR) is 46.1 cm³/mol. The summed E-state index contributed by atoms with van der Waals surface area (Å²) in [7, 11) is 0. The minimum Gasteiger partial charge on any atom is -0.122 e. The Kier molecular flexibility index (Phi) is 14.3. The van der Waals surface area contributed by atoms with E-state index in [0.717, 1.165) is 12.0 Å². The van der Waals surface area contributed by atoms with Crippen molar-refractivity contribution in [3.8, 4) is 0 Å². The van der Waals surface area contributed by atoms with Gasteiger partial charge in [-0.3, -0.25) is 0 Å². The van der Waals surface area contributed by atoms with Crippen molar-refractivity contribution in [3.63, 3.8) is 0 Å². The van der Waals surface area contributed by atoms with Gasteiger partial charge in [0, 0.05) is 5.88 Å². The first-order valence-corrected chi connectivity index (χ1v) is 3.98. The van der Waals surface area contributed by atoms with Gasteiger partial charge in [-0.25, -0.2) is 0 Å². The second-order valence-electron chi connectivity index (χ2n) is 1.94. The van der Waals surface area contributed by atoms with Crippen molar-refractivity contribution in [3.05, 3.63) is 12.2 Å². The van der Waals surface area contributed by atoms with E-state index in [1.165, 1.54) is 6.42 Å². The molecular weight excluding hydrogens is 132 g/mol. The van der Waals surface area contributed by atoms with Crippen molar-refractivity contribution in [1.29, 1.82) is 0 Å².